The second-order valence-electron chi connectivity index (χ2n) is 4.85. The van der Waals surface area contributed by atoms with Crippen LogP contribution in [0.4, 0.5) is 4.39 Å². The average molecular weight is 295 g/mol. The van der Waals surface area contributed by atoms with Gasteiger partial charge in [0.05, 0.1) is 6.21 Å². The van der Waals surface area contributed by atoms with E-state index >= 15 is 0 Å². The lowest BCUT2D eigenvalue weighted by molar-refractivity contribution is -0.121. The maximum absolute atomic E-state index is 13.0. The molecule has 0 atom stereocenters. The number of amides is 1. The van der Waals surface area contributed by atoms with Crippen LogP contribution in [0.2, 0.25) is 0 Å². The Morgan fingerprint density at radius 3 is 2.91 bits per heavy atom. The molecule has 22 heavy (non-hydrogen) atoms. The maximum atomic E-state index is 13.0. The van der Waals surface area contributed by atoms with E-state index in [4.69, 9.17) is 0 Å². The summed E-state index contributed by atoms with van der Waals surface area (Å²) >= 11 is 0. The number of hydrogen-bond acceptors (Lipinski definition) is 2. The molecule has 0 bridgehead atoms. The number of benzene rings is 2. The fraction of sp³-hybridized carbons (Fsp3) is 0.0588. The number of carbonyl (C=O) groups excluding carboxylic acids is 1. The standard InChI is InChI=1S/C17H14FN3O/c18-15-6-3-4-13(10-15)11-19-20-17(22)12-21-9-8-14-5-1-2-7-16(14)21/h1-11H,12H2,(H,20,22)/b19-11+. The Balaban J connectivity index is 1.63. The lowest BCUT2D eigenvalue weighted by Gasteiger charge is -2.04. The van der Waals surface area contributed by atoms with Crippen LogP contribution < -0.4 is 5.43 Å². The summed E-state index contributed by atoms with van der Waals surface area (Å²) in [5, 5.41) is 4.92. The average Bonchev–Trinajstić information content (AvgIpc) is 2.91. The van der Waals surface area contributed by atoms with Crippen LogP contribution in [0.3, 0.4) is 0 Å². The summed E-state index contributed by atoms with van der Waals surface area (Å²) in [5.74, 6) is -0.580. The highest BCUT2D eigenvalue weighted by atomic mass is 19.1. The van der Waals surface area contributed by atoms with Crippen LogP contribution in [0.1, 0.15) is 5.56 Å². The molecule has 3 rings (SSSR count). The summed E-state index contributed by atoms with van der Waals surface area (Å²) in [4.78, 5) is 11.9. The molecule has 1 aromatic heterocycles. The first kappa shape index (κ1) is 14.0. The van der Waals surface area contributed by atoms with Crippen molar-refractivity contribution in [2.24, 2.45) is 5.10 Å². The van der Waals surface area contributed by atoms with Gasteiger partial charge in [-0.05, 0) is 35.2 Å². The largest absolute Gasteiger partial charge is 0.338 e. The van der Waals surface area contributed by atoms with E-state index in [1.807, 2.05) is 41.1 Å². The number of nitrogens with zero attached hydrogens (tertiary/aromatic N) is 2. The summed E-state index contributed by atoms with van der Waals surface area (Å²) in [6, 6.07) is 15.8. The number of hydrazone groups is 1. The lowest BCUT2D eigenvalue weighted by atomic mass is 10.2. The highest BCUT2D eigenvalue weighted by Gasteiger charge is 2.04. The first-order chi connectivity index (χ1) is 10.7. The summed E-state index contributed by atoms with van der Waals surface area (Å²) in [5.41, 5.74) is 4.02. The molecule has 1 N–H and O–H groups in total. The van der Waals surface area contributed by atoms with Crippen LogP contribution in [0.5, 0.6) is 0 Å². The number of carbonyl (C=O) groups is 1. The molecule has 0 saturated heterocycles. The Morgan fingerprint density at radius 1 is 1.18 bits per heavy atom. The molecular weight excluding hydrogens is 281 g/mol. The normalized spacial score (nSPS) is 11.1. The smallest absolute Gasteiger partial charge is 0.259 e. The van der Waals surface area contributed by atoms with E-state index in [2.05, 4.69) is 10.5 Å². The first-order valence-corrected chi connectivity index (χ1v) is 6.84. The zero-order valence-electron chi connectivity index (χ0n) is 11.7. The second-order valence-corrected chi connectivity index (χ2v) is 4.85. The van der Waals surface area contributed by atoms with E-state index in [0.717, 1.165) is 10.9 Å². The minimum Gasteiger partial charge on any atom is -0.338 e. The maximum Gasteiger partial charge on any atom is 0.259 e. The van der Waals surface area contributed by atoms with Crippen molar-refractivity contribution in [2.45, 2.75) is 6.54 Å². The highest BCUT2D eigenvalue weighted by Crippen LogP contribution is 2.14. The van der Waals surface area contributed by atoms with Crippen molar-refractivity contribution in [3.05, 3.63) is 72.2 Å². The number of hydrogen-bond donors (Lipinski definition) is 1. The van der Waals surface area contributed by atoms with Gasteiger partial charge in [-0.15, -0.1) is 0 Å². The van der Waals surface area contributed by atoms with Gasteiger partial charge >= 0.3 is 0 Å². The van der Waals surface area contributed by atoms with E-state index in [-0.39, 0.29) is 18.3 Å². The lowest BCUT2D eigenvalue weighted by Crippen LogP contribution is -2.22. The molecule has 110 valence electrons. The quantitative estimate of drug-likeness (QED) is 0.584. The van der Waals surface area contributed by atoms with Crippen LogP contribution in [-0.4, -0.2) is 16.7 Å². The van der Waals surface area contributed by atoms with Gasteiger partial charge in [-0.2, -0.15) is 5.10 Å². The Bertz CT molecular complexity index is 839. The van der Waals surface area contributed by atoms with Gasteiger partial charge in [-0.25, -0.2) is 9.82 Å². The highest BCUT2D eigenvalue weighted by molar-refractivity contribution is 5.84. The topological polar surface area (TPSA) is 46.4 Å². The molecular formula is C17H14FN3O. The van der Waals surface area contributed by atoms with Crippen molar-refractivity contribution in [3.63, 3.8) is 0 Å². The first-order valence-electron chi connectivity index (χ1n) is 6.84. The van der Waals surface area contributed by atoms with Crippen molar-refractivity contribution < 1.29 is 9.18 Å². The molecule has 0 saturated carbocycles. The summed E-state index contributed by atoms with van der Waals surface area (Å²) in [6.45, 7) is 0.175. The zero-order chi connectivity index (χ0) is 15.4. The molecule has 3 aromatic rings. The summed E-state index contributed by atoms with van der Waals surface area (Å²) < 4.78 is 14.9. The van der Waals surface area contributed by atoms with Crippen molar-refractivity contribution in [1.82, 2.24) is 9.99 Å². The number of fused-ring (bicyclic) bond motifs is 1. The predicted octanol–water partition coefficient (Wildman–Crippen LogP) is 2.93. The minimum atomic E-state index is -0.339. The fourth-order valence-corrected chi connectivity index (χ4v) is 2.23. The van der Waals surface area contributed by atoms with Crippen molar-refractivity contribution in [1.29, 1.82) is 0 Å². The molecule has 1 heterocycles. The molecule has 0 radical (unpaired) electrons. The second kappa shape index (κ2) is 6.22. The van der Waals surface area contributed by atoms with Gasteiger partial charge in [0, 0.05) is 11.7 Å². The fourth-order valence-electron chi connectivity index (χ4n) is 2.23. The van der Waals surface area contributed by atoms with E-state index in [9.17, 15) is 9.18 Å². The molecule has 0 spiro atoms. The minimum absolute atomic E-state index is 0.175. The van der Waals surface area contributed by atoms with Crippen LogP contribution in [0.15, 0.2) is 65.9 Å². The van der Waals surface area contributed by atoms with E-state index in [0.29, 0.717) is 5.56 Å². The molecule has 0 unspecified atom stereocenters. The van der Waals surface area contributed by atoms with E-state index in [1.54, 1.807) is 12.1 Å². The molecule has 5 heteroatoms. The third kappa shape index (κ3) is 3.20. The molecule has 0 fully saturated rings. The van der Waals surface area contributed by atoms with Crippen LogP contribution in [-0.2, 0) is 11.3 Å². The molecule has 0 aliphatic rings. The Kier molecular flexibility index (Phi) is 3.96. The van der Waals surface area contributed by atoms with Gasteiger partial charge in [0.25, 0.3) is 5.91 Å². The predicted molar refractivity (Wildman–Crippen MR) is 84.1 cm³/mol. The Labute approximate surface area is 126 Å². The number of aromatic nitrogens is 1. The van der Waals surface area contributed by atoms with Crippen molar-refractivity contribution >= 4 is 23.0 Å². The number of halogens is 1. The molecule has 0 aliphatic carbocycles. The van der Waals surface area contributed by atoms with E-state index in [1.165, 1.54) is 18.3 Å². The van der Waals surface area contributed by atoms with E-state index < -0.39 is 0 Å². The third-order valence-corrected chi connectivity index (χ3v) is 3.25. The summed E-state index contributed by atoms with van der Waals surface area (Å²) in [6.07, 6.45) is 3.27. The Morgan fingerprint density at radius 2 is 2.05 bits per heavy atom. The van der Waals surface area contributed by atoms with Crippen molar-refractivity contribution in [3.8, 4) is 0 Å². The zero-order valence-corrected chi connectivity index (χ0v) is 11.7. The van der Waals surface area contributed by atoms with Gasteiger partial charge in [-0.1, -0.05) is 30.3 Å². The van der Waals surface area contributed by atoms with Gasteiger partial charge < -0.3 is 4.57 Å². The third-order valence-electron chi connectivity index (χ3n) is 3.25. The van der Waals surface area contributed by atoms with Gasteiger partial charge in [0.15, 0.2) is 0 Å². The van der Waals surface area contributed by atoms with Crippen molar-refractivity contribution in [2.75, 3.05) is 0 Å². The van der Waals surface area contributed by atoms with Crippen LogP contribution >= 0.6 is 0 Å². The van der Waals surface area contributed by atoms with Crippen LogP contribution in [0, 0.1) is 5.82 Å². The number of rotatable bonds is 4. The summed E-state index contributed by atoms with van der Waals surface area (Å²) in [7, 11) is 0. The van der Waals surface area contributed by atoms with Gasteiger partial charge in [0.2, 0.25) is 0 Å². The van der Waals surface area contributed by atoms with Gasteiger partial charge in [-0.3, -0.25) is 4.79 Å². The Hall–Kier alpha value is -2.95. The molecule has 0 aliphatic heterocycles. The molecule has 2 aromatic carbocycles. The monoisotopic (exact) mass is 295 g/mol. The number of nitrogens with one attached hydrogen (secondary N) is 1. The van der Waals surface area contributed by atoms with Crippen LogP contribution in [0.25, 0.3) is 10.9 Å². The van der Waals surface area contributed by atoms with Gasteiger partial charge in [0.1, 0.15) is 12.4 Å². The molecule has 1 amide bonds. The molecule has 4 nitrogen and oxygen atoms in total. The number of para-hydroxylation sites is 1. The SMILES string of the molecule is O=C(Cn1ccc2ccccc21)N/N=C/c1cccc(F)c1.